The van der Waals surface area contributed by atoms with Crippen molar-refractivity contribution in [3.05, 3.63) is 88.3 Å². The molecule has 0 saturated carbocycles. The van der Waals surface area contributed by atoms with Gasteiger partial charge in [-0.2, -0.15) is 0 Å². The number of hydrogen-bond donors (Lipinski definition) is 1. The molecule has 178 valence electrons. The molecule has 2 heterocycles. The Bertz CT molecular complexity index is 1250. The molecule has 0 spiro atoms. The Balaban J connectivity index is 0.00000103. The van der Waals surface area contributed by atoms with Crippen LogP contribution in [0.25, 0.3) is 21.5 Å². The SMILES string of the molecule is C/C=C\Cc1c(-c2ccc(C)cc2OCc2ccccc2)[nH]c2cc(C(=O)OC)sc12.CCC. The molecule has 0 radical (unpaired) electrons. The van der Waals surface area contributed by atoms with Crippen LogP contribution in [0.4, 0.5) is 0 Å². The largest absolute Gasteiger partial charge is 0.488 e. The van der Waals surface area contributed by atoms with Crippen molar-refractivity contribution in [2.45, 2.75) is 47.1 Å². The molecule has 0 saturated heterocycles. The van der Waals surface area contributed by atoms with E-state index in [2.05, 4.69) is 62.2 Å². The number of carbonyl (C=O) groups excluding carboxylic acids is 1. The first kappa shape index (κ1) is 25.3. The molecule has 4 rings (SSSR count). The van der Waals surface area contributed by atoms with Gasteiger partial charge in [-0.1, -0.05) is 68.8 Å². The van der Waals surface area contributed by atoms with Gasteiger partial charge < -0.3 is 14.5 Å². The topological polar surface area (TPSA) is 51.3 Å². The summed E-state index contributed by atoms with van der Waals surface area (Å²) in [5, 5.41) is 0. The van der Waals surface area contributed by atoms with Crippen LogP contribution >= 0.6 is 11.3 Å². The minimum atomic E-state index is -0.310. The highest BCUT2D eigenvalue weighted by molar-refractivity contribution is 7.21. The van der Waals surface area contributed by atoms with Crippen molar-refractivity contribution in [2.75, 3.05) is 7.11 Å². The molecule has 4 nitrogen and oxygen atoms in total. The Morgan fingerprint density at radius 1 is 1.09 bits per heavy atom. The molecular formula is C29H33NO3S. The number of hydrogen-bond acceptors (Lipinski definition) is 4. The predicted molar refractivity (Wildman–Crippen MR) is 143 cm³/mol. The fourth-order valence-electron chi connectivity index (χ4n) is 3.58. The summed E-state index contributed by atoms with van der Waals surface area (Å²) in [6, 6.07) is 18.3. The minimum Gasteiger partial charge on any atom is -0.488 e. The van der Waals surface area contributed by atoms with Crippen LogP contribution in [-0.4, -0.2) is 18.1 Å². The smallest absolute Gasteiger partial charge is 0.348 e. The van der Waals surface area contributed by atoms with Crippen molar-refractivity contribution in [3.8, 4) is 17.0 Å². The number of aromatic amines is 1. The third kappa shape index (κ3) is 5.97. The zero-order valence-electron chi connectivity index (χ0n) is 20.6. The van der Waals surface area contributed by atoms with Gasteiger partial charge >= 0.3 is 5.97 Å². The van der Waals surface area contributed by atoms with E-state index < -0.39 is 0 Å². The number of benzene rings is 2. The molecule has 2 aromatic carbocycles. The van der Waals surface area contributed by atoms with E-state index in [1.54, 1.807) is 0 Å². The molecule has 0 aliphatic rings. The second-order valence-corrected chi connectivity index (χ2v) is 9.13. The van der Waals surface area contributed by atoms with Gasteiger partial charge in [0.05, 0.1) is 23.0 Å². The van der Waals surface area contributed by atoms with Gasteiger partial charge in [0.2, 0.25) is 0 Å². The number of aromatic nitrogens is 1. The lowest BCUT2D eigenvalue weighted by molar-refractivity contribution is 0.0606. The molecular weight excluding hydrogens is 442 g/mol. The molecule has 0 atom stereocenters. The lowest BCUT2D eigenvalue weighted by Gasteiger charge is -2.13. The van der Waals surface area contributed by atoms with Gasteiger partial charge in [-0.3, -0.25) is 0 Å². The number of nitrogens with one attached hydrogen (secondary N) is 1. The summed E-state index contributed by atoms with van der Waals surface area (Å²) in [6.07, 6.45) is 6.18. The number of H-pyrrole nitrogens is 1. The molecule has 1 N–H and O–H groups in total. The van der Waals surface area contributed by atoms with E-state index in [4.69, 9.17) is 9.47 Å². The van der Waals surface area contributed by atoms with E-state index in [-0.39, 0.29) is 5.97 Å². The second-order valence-electron chi connectivity index (χ2n) is 8.08. The zero-order chi connectivity index (χ0) is 24.5. The van der Waals surface area contributed by atoms with Gasteiger partial charge in [-0.05, 0) is 55.2 Å². The van der Waals surface area contributed by atoms with E-state index in [0.717, 1.165) is 50.3 Å². The molecule has 0 unspecified atom stereocenters. The van der Waals surface area contributed by atoms with Gasteiger partial charge in [0, 0.05) is 5.56 Å². The first-order valence-electron chi connectivity index (χ1n) is 11.6. The summed E-state index contributed by atoms with van der Waals surface area (Å²) >= 11 is 1.46. The standard InChI is InChI=1S/C26H25NO3S.C3H8/c1-4-5-11-20-24(27-21-15-23(26(28)29-3)31-25(20)21)19-13-12-17(2)14-22(19)30-16-18-9-7-6-8-10-18;1-3-2/h4-10,12-15,27H,11,16H2,1-3H3;3H2,1-2H3/b5-4-;. The van der Waals surface area contributed by atoms with Crippen molar-refractivity contribution < 1.29 is 14.3 Å². The van der Waals surface area contributed by atoms with Crippen LogP contribution in [0.1, 0.15) is 53.6 Å². The summed E-state index contributed by atoms with van der Waals surface area (Å²) in [5.74, 6) is 0.531. The van der Waals surface area contributed by atoms with E-state index in [1.165, 1.54) is 24.9 Å². The van der Waals surface area contributed by atoms with Gasteiger partial charge in [0.1, 0.15) is 17.2 Å². The third-order valence-electron chi connectivity index (χ3n) is 5.16. The van der Waals surface area contributed by atoms with Crippen LogP contribution in [-0.2, 0) is 17.8 Å². The lowest BCUT2D eigenvalue weighted by Crippen LogP contribution is -1.99. The Labute approximate surface area is 206 Å². The van der Waals surface area contributed by atoms with Gasteiger partial charge in [-0.15, -0.1) is 11.3 Å². The average molecular weight is 476 g/mol. The van der Waals surface area contributed by atoms with E-state index in [1.807, 2.05) is 37.3 Å². The van der Waals surface area contributed by atoms with Crippen molar-refractivity contribution in [1.29, 1.82) is 0 Å². The molecule has 34 heavy (non-hydrogen) atoms. The van der Waals surface area contributed by atoms with Crippen LogP contribution in [0.3, 0.4) is 0 Å². The highest BCUT2D eigenvalue weighted by Crippen LogP contribution is 2.40. The number of ether oxygens (including phenoxy) is 2. The van der Waals surface area contributed by atoms with Crippen molar-refractivity contribution in [3.63, 3.8) is 0 Å². The zero-order valence-corrected chi connectivity index (χ0v) is 21.4. The summed E-state index contributed by atoms with van der Waals surface area (Å²) in [4.78, 5) is 16.1. The van der Waals surface area contributed by atoms with Crippen molar-refractivity contribution in [1.82, 2.24) is 4.98 Å². The van der Waals surface area contributed by atoms with Gasteiger partial charge in [0.25, 0.3) is 0 Å². The van der Waals surface area contributed by atoms with Crippen molar-refractivity contribution in [2.24, 2.45) is 0 Å². The van der Waals surface area contributed by atoms with Crippen LogP contribution in [0.5, 0.6) is 5.75 Å². The molecule has 4 aromatic rings. The van der Waals surface area contributed by atoms with Crippen LogP contribution in [0.15, 0.2) is 66.7 Å². The van der Waals surface area contributed by atoms with Crippen LogP contribution < -0.4 is 4.74 Å². The van der Waals surface area contributed by atoms with Crippen LogP contribution in [0.2, 0.25) is 0 Å². The maximum absolute atomic E-state index is 12.0. The first-order valence-corrected chi connectivity index (χ1v) is 12.5. The highest BCUT2D eigenvalue weighted by Gasteiger charge is 2.20. The van der Waals surface area contributed by atoms with Gasteiger partial charge in [0.15, 0.2) is 0 Å². The normalized spacial score (nSPS) is 10.9. The quantitative estimate of drug-likeness (QED) is 0.217. The molecule has 5 heteroatoms. The summed E-state index contributed by atoms with van der Waals surface area (Å²) < 4.78 is 12.2. The fourth-order valence-corrected chi connectivity index (χ4v) is 4.68. The molecule has 2 aromatic heterocycles. The van der Waals surface area contributed by atoms with Gasteiger partial charge in [-0.25, -0.2) is 4.79 Å². The Kier molecular flexibility index (Phi) is 9.11. The predicted octanol–water partition coefficient (Wildman–Crippen LogP) is 8.11. The number of esters is 1. The van der Waals surface area contributed by atoms with E-state index in [0.29, 0.717) is 11.5 Å². The number of thiophene rings is 1. The minimum absolute atomic E-state index is 0.310. The second kappa shape index (κ2) is 12.2. The number of aryl methyl sites for hydroxylation is 1. The Morgan fingerprint density at radius 2 is 1.82 bits per heavy atom. The molecule has 0 aliphatic carbocycles. The Hall–Kier alpha value is -3.31. The first-order chi connectivity index (χ1) is 16.5. The molecule has 0 aliphatic heterocycles. The fraction of sp³-hybridized carbons (Fsp3) is 0.276. The molecule has 0 bridgehead atoms. The highest BCUT2D eigenvalue weighted by atomic mass is 32.1. The number of rotatable bonds is 7. The number of methoxy groups -OCH3 is 1. The average Bonchev–Trinajstić information content (AvgIpc) is 3.40. The maximum atomic E-state index is 12.0. The summed E-state index contributed by atoms with van der Waals surface area (Å²) in [7, 11) is 1.41. The monoisotopic (exact) mass is 475 g/mol. The maximum Gasteiger partial charge on any atom is 0.348 e. The van der Waals surface area contributed by atoms with Crippen LogP contribution in [0, 0.1) is 6.92 Å². The number of allylic oxidation sites excluding steroid dienone is 2. The lowest BCUT2D eigenvalue weighted by atomic mass is 10.0. The molecule has 0 amide bonds. The third-order valence-corrected chi connectivity index (χ3v) is 6.33. The number of fused-ring (bicyclic) bond motifs is 1. The van der Waals surface area contributed by atoms with E-state index in [9.17, 15) is 4.79 Å². The van der Waals surface area contributed by atoms with E-state index >= 15 is 0 Å². The van der Waals surface area contributed by atoms with Crippen molar-refractivity contribution >= 4 is 27.5 Å². The Morgan fingerprint density at radius 3 is 2.50 bits per heavy atom. The number of carbonyl (C=O) groups is 1. The summed E-state index contributed by atoms with van der Waals surface area (Å²) in [6.45, 7) is 8.83. The summed E-state index contributed by atoms with van der Waals surface area (Å²) in [5.41, 5.74) is 6.40. The molecule has 0 fully saturated rings.